The average molecular weight is 385 g/mol. The SMILES string of the molecule is O=C(CSc1nnnn1-c1ccc(Cl)cc1)c1ccc2c(c1)CCCC2. The van der Waals surface area contributed by atoms with Gasteiger partial charge in [0.15, 0.2) is 5.78 Å². The molecule has 0 spiro atoms. The molecule has 0 unspecified atom stereocenters. The zero-order valence-corrected chi connectivity index (χ0v) is 15.6. The van der Waals surface area contributed by atoms with E-state index in [1.54, 1.807) is 16.8 Å². The van der Waals surface area contributed by atoms with Gasteiger partial charge in [-0.1, -0.05) is 35.5 Å². The second-order valence-corrected chi connectivity index (χ2v) is 7.63. The number of rotatable bonds is 5. The molecule has 3 aromatic rings. The van der Waals surface area contributed by atoms with E-state index in [4.69, 9.17) is 11.6 Å². The number of nitrogens with zero attached hydrogens (tertiary/aromatic N) is 4. The summed E-state index contributed by atoms with van der Waals surface area (Å²) in [6, 6.07) is 13.3. The van der Waals surface area contributed by atoms with E-state index in [-0.39, 0.29) is 5.78 Å². The number of hydrogen-bond acceptors (Lipinski definition) is 5. The number of thioether (sulfide) groups is 1. The van der Waals surface area contributed by atoms with Crippen LogP contribution in [0.3, 0.4) is 0 Å². The van der Waals surface area contributed by atoms with Crippen molar-refractivity contribution in [1.29, 1.82) is 0 Å². The van der Waals surface area contributed by atoms with Gasteiger partial charge >= 0.3 is 0 Å². The Morgan fingerprint density at radius 1 is 1.08 bits per heavy atom. The van der Waals surface area contributed by atoms with Crippen LogP contribution in [0.4, 0.5) is 0 Å². The molecule has 7 heteroatoms. The molecular weight excluding hydrogens is 368 g/mol. The van der Waals surface area contributed by atoms with E-state index in [2.05, 4.69) is 27.7 Å². The highest BCUT2D eigenvalue weighted by atomic mass is 35.5. The van der Waals surface area contributed by atoms with E-state index in [0.717, 1.165) is 24.1 Å². The Hall–Kier alpha value is -2.18. The lowest BCUT2D eigenvalue weighted by molar-refractivity contribution is 0.102. The van der Waals surface area contributed by atoms with Crippen LogP contribution in [0.25, 0.3) is 5.69 Å². The summed E-state index contributed by atoms with van der Waals surface area (Å²) >= 11 is 7.26. The molecule has 0 bridgehead atoms. The zero-order valence-electron chi connectivity index (χ0n) is 14.1. The minimum atomic E-state index is 0.0917. The summed E-state index contributed by atoms with van der Waals surface area (Å²) in [5.41, 5.74) is 4.28. The summed E-state index contributed by atoms with van der Waals surface area (Å²) in [4.78, 5) is 12.6. The maximum Gasteiger partial charge on any atom is 0.214 e. The third-order valence-corrected chi connectivity index (χ3v) is 5.69. The average Bonchev–Trinajstić information content (AvgIpc) is 3.15. The van der Waals surface area contributed by atoms with Crippen LogP contribution in [0.5, 0.6) is 0 Å². The Labute approximate surface area is 160 Å². The summed E-state index contributed by atoms with van der Waals surface area (Å²) in [6.07, 6.45) is 4.63. The van der Waals surface area contributed by atoms with Crippen LogP contribution >= 0.6 is 23.4 Å². The predicted octanol–water partition coefficient (Wildman–Crippen LogP) is 4.17. The van der Waals surface area contributed by atoms with Gasteiger partial charge in [0.2, 0.25) is 5.16 Å². The minimum absolute atomic E-state index is 0.0917. The summed E-state index contributed by atoms with van der Waals surface area (Å²) < 4.78 is 1.61. The summed E-state index contributed by atoms with van der Waals surface area (Å²) in [6.45, 7) is 0. The van der Waals surface area contributed by atoms with Crippen molar-refractivity contribution in [3.05, 3.63) is 64.2 Å². The zero-order chi connectivity index (χ0) is 17.9. The number of aromatic nitrogens is 4. The van der Waals surface area contributed by atoms with E-state index in [1.807, 2.05) is 18.2 Å². The molecular formula is C19H17ClN4OS. The van der Waals surface area contributed by atoms with Crippen molar-refractivity contribution in [2.24, 2.45) is 0 Å². The maximum atomic E-state index is 12.6. The largest absolute Gasteiger partial charge is 0.293 e. The molecule has 2 aromatic carbocycles. The fourth-order valence-corrected chi connectivity index (χ4v) is 4.04. The second kappa shape index (κ2) is 7.60. The number of carbonyl (C=O) groups excluding carboxylic acids is 1. The molecule has 132 valence electrons. The van der Waals surface area contributed by atoms with E-state index in [0.29, 0.717) is 15.9 Å². The van der Waals surface area contributed by atoms with Gasteiger partial charge < -0.3 is 0 Å². The Bertz CT molecular complexity index is 939. The molecule has 0 saturated carbocycles. The van der Waals surface area contributed by atoms with E-state index in [9.17, 15) is 4.79 Å². The summed E-state index contributed by atoms with van der Waals surface area (Å²) in [5.74, 6) is 0.390. The van der Waals surface area contributed by atoms with Gasteiger partial charge in [0.1, 0.15) is 0 Å². The van der Waals surface area contributed by atoms with Crippen LogP contribution in [0.1, 0.15) is 34.3 Å². The number of Topliss-reactive ketones (excluding diaryl/α,β-unsaturated/α-hetero) is 1. The number of aryl methyl sites for hydroxylation is 2. The smallest absolute Gasteiger partial charge is 0.214 e. The van der Waals surface area contributed by atoms with Crippen molar-refractivity contribution < 1.29 is 4.79 Å². The molecule has 0 amide bonds. The molecule has 0 radical (unpaired) electrons. The first-order chi connectivity index (χ1) is 12.7. The highest BCUT2D eigenvalue weighted by Crippen LogP contribution is 2.24. The van der Waals surface area contributed by atoms with Gasteiger partial charge in [-0.25, -0.2) is 0 Å². The summed E-state index contributed by atoms with van der Waals surface area (Å²) in [5, 5.41) is 13.0. The molecule has 5 nitrogen and oxygen atoms in total. The van der Waals surface area contributed by atoms with Crippen molar-refractivity contribution in [3.63, 3.8) is 0 Å². The van der Waals surface area contributed by atoms with Gasteiger partial charge in [0.25, 0.3) is 0 Å². The van der Waals surface area contributed by atoms with Crippen LogP contribution in [0.2, 0.25) is 5.02 Å². The number of fused-ring (bicyclic) bond motifs is 1. The number of hydrogen-bond donors (Lipinski definition) is 0. The van der Waals surface area contributed by atoms with Gasteiger partial charge in [0, 0.05) is 10.6 Å². The standard InChI is InChI=1S/C19H17ClN4OS/c20-16-7-9-17(10-8-16)24-19(21-22-23-24)26-12-18(25)15-6-5-13-3-1-2-4-14(13)11-15/h5-11H,1-4,12H2. The van der Waals surface area contributed by atoms with Crippen molar-refractivity contribution in [2.45, 2.75) is 30.8 Å². The lowest BCUT2D eigenvalue weighted by Gasteiger charge is -2.16. The lowest BCUT2D eigenvalue weighted by atomic mass is 9.90. The van der Waals surface area contributed by atoms with Gasteiger partial charge in [-0.2, -0.15) is 4.68 Å². The first kappa shape index (κ1) is 17.2. The van der Waals surface area contributed by atoms with E-state index >= 15 is 0 Å². The highest BCUT2D eigenvalue weighted by molar-refractivity contribution is 7.99. The van der Waals surface area contributed by atoms with Crippen LogP contribution < -0.4 is 0 Å². The predicted molar refractivity (Wildman–Crippen MR) is 102 cm³/mol. The Balaban J connectivity index is 1.47. The van der Waals surface area contributed by atoms with Gasteiger partial charge in [0.05, 0.1) is 11.4 Å². The van der Waals surface area contributed by atoms with Gasteiger partial charge in [-0.3, -0.25) is 4.79 Å². The first-order valence-electron chi connectivity index (χ1n) is 8.53. The number of carbonyl (C=O) groups is 1. The lowest BCUT2D eigenvalue weighted by Crippen LogP contribution is -2.08. The molecule has 0 fully saturated rings. The third-order valence-electron chi connectivity index (χ3n) is 4.51. The van der Waals surface area contributed by atoms with Crippen LogP contribution in [0, 0.1) is 0 Å². The molecule has 1 aromatic heterocycles. The van der Waals surface area contributed by atoms with Crippen molar-refractivity contribution in [3.8, 4) is 5.69 Å². The fourth-order valence-electron chi connectivity index (χ4n) is 3.13. The molecule has 0 atom stereocenters. The number of ketones is 1. The van der Waals surface area contributed by atoms with E-state index < -0.39 is 0 Å². The highest BCUT2D eigenvalue weighted by Gasteiger charge is 2.15. The molecule has 1 aliphatic rings. The second-order valence-electron chi connectivity index (χ2n) is 6.25. The maximum absolute atomic E-state index is 12.6. The Morgan fingerprint density at radius 2 is 1.85 bits per heavy atom. The van der Waals surface area contributed by atoms with Crippen LogP contribution in [0.15, 0.2) is 47.6 Å². The fraction of sp³-hybridized carbons (Fsp3) is 0.263. The molecule has 0 aliphatic heterocycles. The minimum Gasteiger partial charge on any atom is -0.293 e. The molecule has 26 heavy (non-hydrogen) atoms. The van der Waals surface area contributed by atoms with Crippen molar-refractivity contribution >= 4 is 29.1 Å². The van der Waals surface area contributed by atoms with Gasteiger partial charge in [-0.05, 0) is 77.6 Å². The number of benzene rings is 2. The molecule has 0 N–H and O–H groups in total. The first-order valence-corrected chi connectivity index (χ1v) is 9.89. The summed E-state index contributed by atoms with van der Waals surface area (Å²) in [7, 11) is 0. The monoisotopic (exact) mass is 384 g/mol. The number of halogens is 1. The Kier molecular flexibility index (Phi) is 5.04. The van der Waals surface area contributed by atoms with Gasteiger partial charge in [-0.15, -0.1) is 5.10 Å². The molecule has 1 heterocycles. The molecule has 0 saturated heterocycles. The van der Waals surface area contributed by atoms with E-state index in [1.165, 1.54) is 35.7 Å². The van der Waals surface area contributed by atoms with Crippen LogP contribution in [-0.4, -0.2) is 31.7 Å². The normalized spacial score (nSPS) is 13.4. The molecule has 1 aliphatic carbocycles. The van der Waals surface area contributed by atoms with Crippen LogP contribution in [-0.2, 0) is 12.8 Å². The third kappa shape index (κ3) is 3.66. The van der Waals surface area contributed by atoms with Crippen molar-refractivity contribution in [1.82, 2.24) is 20.2 Å². The van der Waals surface area contributed by atoms with Crippen molar-refractivity contribution in [2.75, 3.05) is 5.75 Å². The topological polar surface area (TPSA) is 60.7 Å². The number of tetrazole rings is 1. The quantitative estimate of drug-likeness (QED) is 0.488. The molecule has 4 rings (SSSR count). The Morgan fingerprint density at radius 3 is 2.65 bits per heavy atom.